The molecule has 1 aliphatic carbocycles. The Bertz CT molecular complexity index is 263. The summed E-state index contributed by atoms with van der Waals surface area (Å²) in [6.07, 6.45) is 6.42. The van der Waals surface area contributed by atoms with Crippen molar-refractivity contribution in [3.63, 3.8) is 0 Å². The molecular formula is C14H23F. The van der Waals surface area contributed by atoms with Crippen LogP contribution in [-0.4, -0.2) is 5.67 Å². The van der Waals surface area contributed by atoms with Gasteiger partial charge in [0.2, 0.25) is 0 Å². The van der Waals surface area contributed by atoms with Gasteiger partial charge >= 0.3 is 0 Å². The van der Waals surface area contributed by atoms with Gasteiger partial charge in [0.1, 0.15) is 5.67 Å². The second kappa shape index (κ2) is 4.96. The molecule has 0 aromatic heterocycles. The van der Waals surface area contributed by atoms with Gasteiger partial charge in [-0.2, -0.15) is 0 Å². The lowest BCUT2D eigenvalue weighted by molar-refractivity contribution is 0.176. The number of rotatable bonds is 2. The Morgan fingerprint density at radius 1 is 1.47 bits per heavy atom. The van der Waals surface area contributed by atoms with E-state index < -0.39 is 5.67 Å². The SMILES string of the molecule is C=C(C)C1(F)CCC/C=C(\C(C)C)CC1. The molecule has 1 rings (SSSR count). The summed E-state index contributed by atoms with van der Waals surface area (Å²) >= 11 is 0. The Morgan fingerprint density at radius 3 is 2.67 bits per heavy atom. The third kappa shape index (κ3) is 3.19. The summed E-state index contributed by atoms with van der Waals surface area (Å²) in [4.78, 5) is 0. The smallest absolute Gasteiger partial charge is 0.131 e. The van der Waals surface area contributed by atoms with Gasteiger partial charge < -0.3 is 0 Å². The largest absolute Gasteiger partial charge is 0.239 e. The van der Waals surface area contributed by atoms with Crippen LogP contribution in [0, 0.1) is 5.92 Å². The van der Waals surface area contributed by atoms with Crippen LogP contribution in [0.2, 0.25) is 0 Å². The van der Waals surface area contributed by atoms with Gasteiger partial charge in [-0.1, -0.05) is 32.1 Å². The molecular weight excluding hydrogens is 187 g/mol. The van der Waals surface area contributed by atoms with Gasteiger partial charge in [-0.3, -0.25) is 0 Å². The summed E-state index contributed by atoms with van der Waals surface area (Å²) in [5, 5.41) is 0. The lowest BCUT2D eigenvalue weighted by atomic mass is 9.82. The molecule has 0 nitrogen and oxygen atoms in total. The molecule has 1 unspecified atom stereocenters. The normalized spacial score (nSPS) is 31.7. The van der Waals surface area contributed by atoms with Crippen LogP contribution in [0.3, 0.4) is 0 Å². The Kier molecular flexibility index (Phi) is 4.12. The summed E-state index contributed by atoms with van der Waals surface area (Å²) in [6, 6.07) is 0. The van der Waals surface area contributed by atoms with Crippen LogP contribution >= 0.6 is 0 Å². The van der Waals surface area contributed by atoms with E-state index in [9.17, 15) is 4.39 Å². The van der Waals surface area contributed by atoms with Crippen molar-refractivity contribution in [2.24, 2.45) is 5.92 Å². The maximum Gasteiger partial charge on any atom is 0.131 e. The molecule has 1 atom stereocenters. The Labute approximate surface area is 93.3 Å². The molecule has 0 saturated heterocycles. The van der Waals surface area contributed by atoms with E-state index in [2.05, 4.69) is 26.5 Å². The Morgan fingerprint density at radius 2 is 2.13 bits per heavy atom. The Hall–Kier alpha value is -0.590. The minimum atomic E-state index is -1.12. The molecule has 86 valence electrons. The maximum atomic E-state index is 14.4. The summed E-state index contributed by atoms with van der Waals surface area (Å²) in [5.41, 5.74) is 1.000. The van der Waals surface area contributed by atoms with Crippen LogP contribution in [0.25, 0.3) is 0 Å². The molecule has 0 saturated carbocycles. The standard InChI is InChI=1S/C14H23F/c1-11(2)13-7-5-6-9-14(15,10-8-13)12(3)4/h7,11H,3,5-6,8-10H2,1-2,4H3/b13-7-. The van der Waals surface area contributed by atoms with Gasteiger partial charge in [-0.15, -0.1) is 0 Å². The number of allylic oxidation sites excluding steroid dienone is 3. The Balaban J connectivity index is 2.73. The van der Waals surface area contributed by atoms with Crippen LogP contribution in [0.1, 0.15) is 52.9 Å². The van der Waals surface area contributed by atoms with E-state index >= 15 is 0 Å². The number of hydrogen-bond acceptors (Lipinski definition) is 0. The third-order valence-electron chi connectivity index (χ3n) is 3.50. The molecule has 0 bridgehead atoms. The fourth-order valence-corrected chi connectivity index (χ4v) is 2.19. The molecule has 1 heteroatoms. The minimum absolute atomic E-state index is 0.553. The van der Waals surface area contributed by atoms with Crippen molar-refractivity contribution in [2.75, 3.05) is 0 Å². The number of halogens is 1. The summed E-state index contributed by atoms with van der Waals surface area (Å²) in [5.74, 6) is 0.553. The first-order chi connectivity index (χ1) is 6.96. The molecule has 0 radical (unpaired) electrons. The van der Waals surface area contributed by atoms with Crippen molar-refractivity contribution >= 4 is 0 Å². The highest BCUT2D eigenvalue weighted by Gasteiger charge is 2.31. The van der Waals surface area contributed by atoms with E-state index in [-0.39, 0.29) is 0 Å². The second-order valence-electron chi connectivity index (χ2n) is 5.07. The molecule has 1 aliphatic rings. The monoisotopic (exact) mass is 210 g/mol. The zero-order valence-electron chi connectivity index (χ0n) is 10.3. The predicted octanol–water partition coefficient (Wildman–Crippen LogP) is 4.82. The van der Waals surface area contributed by atoms with E-state index in [0.29, 0.717) is 24.3 Å². The van der Waals surface area contributed by atoms with Gasteiger partial charge in [0, 0.05) is 0 Å². The first-order valence-corrected chi connectivity index (χ1v) is 5.99. The molecule has 0 N–H and O–H groups in total. The average Bonchev–Trinajstić information content (AvgIpc) is 2.11. The van der Waals surface area contributed by atoms with Crippen molar-refractivity contribution in [2.45, 2.75) is 58.5 Å². The quantitative estimate of drug-likeness (QED) is 0.573. The zero-order valence-corrected chi connectivity index (χ0v) is 10.3. The molecule has 0 aromatic rings. The van der Waals surface area contributed by atoms with E-state index in [1.807, 2.05) is 6.92 Å². The van der Waals surface area contributed by atoms with Crippen molar-refractivity contribution in [1.82, 2.24) is 0 Å². The maximum absolute atomic E-state index is 14.4. The number of hydrogen-bond donors (Lipinski definition) is 0. The van der Waals surface area contributed by atoms with Gasteiger partial charge in [0.05, 0.1) is 0 Å². The van der Waals surface area contributed by atoms with Crippen molar-refractivity contribution in [1.29, 1.82) is 0 Å². The average molecular weight is 210 g/mol. The van der Waals surface area contributed by atoms with Gasteiger partial charge in [-0.25, -0.2) is 4.39 Å². The van der Waals surface area contributed by atoms with Gasteiger partial charge in [0.25, 0.3) is 0 Å². The van der Waals surface area contributed by atoms with Crippen LogP contribution < -0.4 is 0 Å². The van der Waals surface area contributed by atoms with E-state index in [0.717, 1.165) is 19.3 Å². The van der Waals surface area contributed by atoms with Gasteiger partial charge in [0.15, 0.2) is 0 Å². The van der Waals surface area contributed by atoms with Gasteiger partial charge in [-0.05, 0) is 50.5 Å². The molecule has 0 aromatic carbocycles. The second-order valence-corrected chi connectivity index (χ2v) is 5.07. The van der Waals surface area contributed by atoms with Crippen LogP contribution in [0.4, 0.5) is 4.39 Å². The summed E-state index contributed by atoms with van der Waals surface area (Å²) in [6.45, 7) is 10.00. The summed E-state index contributed by atoms with van der Waals surface area (Å²) in [7, 11) is 0. The van der Waals surface area contributed by atoms with Crippen LogP contribution in [0.5, 0.6) is 0 Å². The first-order valence-electron chi connectivity index (χ1n) is 5.99. The highest BCUT2D eigenvalue weighted by atomic mass is 19.1. The lowest BCUT2D eigenvalue weighted by Gasteiger charge is -2.28. The first kappa shape index (κ1) is 12.5. The van der Waals surface area contributed by atoms with Crippen LogP contribution in [0.15, 0.2) is 23.8 Å². The third-order valence-corrected chi connectivity index (χ3v) is 3.50. The predicted molar refractivity (Wildman–Crippen MR) is 64.7 cm³/mol. The fourth-order valence-electron chi connectivity index (χ4n) is 2.19. The van der Waals surface area contributed by atoms with Crippen molar-refractivity contribution in [3.8, 4) is 0 Å². The molecule has 0 heterocycles. The van der Waals surface area contributed by atoms with Crippen LogP contribution in [-0.2, 0) is 0 Å². The molecule has 0 fully saturated rings. The molecule has 0 aliphatic heterocycles. The molecule has 0 spiro atoms. The molecule has 15 heavy (non-hydrogen) atoms. The lowest BCUT2D eigenvalue weighted by Crippen LogP contribution is -2.25. The highest BCUT2D eigenvalue weighted by Crippen LogP contribution is 2.36. The summed E-state index contributed by atoms with van der Waals surface area (Å²) < 4.78 is 14.4. The van der Waals surface area contributed by atoms with Crippen molar-refractivity contribution in [3.05, 3.63) is 23.8 Å². The van der Waals surface area contributed by atoms with E-state index in [1.54, 1.807) is 0 Å². The number of alkyl halides is 1. The minimum Gasteiger partial charge on any atom is -0.239 e. The highest BCUT2D eigenvalue weighted by molar-refractivity contribution is 5.15. The van der Waals surface area contributed by atoms with E-state index in [1.165, 1.54) is 5.57 Å². The van der Waals surface area contributed by atoms with E-state index in [4.69, 9.17) is 0 Å². The topological polar surface area (TPSA) is 0 Å². The fraction of sp³-hybridized carbons (Fsp3) is 0.714. The zero-order chi connectivity index (χ0) is 11.5. The van der Waals surface area contributed by atoms with Crippen molar-refractivity contribution < 1.29 is 4.39 Å². The molecule has 0 amide bonds.